The first-order valence-corrected chi connectivity index (χ1v) is 9.28. The van der Waals surface area contributed by atoms with Gasteiger partial charge in [-0.15, -0.1) is 0 Å². The second kappa shape index (κ2) is 8.36. The molecule has 6 heteroatoms. The number of rotatable bonds is 8. The third kappa shape index (κ3) is 4.14. The Bertz CT molecular complexity index is 848. The Kier molecular flexibility index (Phi) is 5.94. The van der Waals surface area contributed by atoms with Gasteiger partial charge in [-0.3, -0.25) is 4.40 Å². The van der Waals surface area contributed by atoms with Crippen molar-refractivity contribution in [3.05, 3.63) is 47.1 Å². The normalized spacial score (nSPS) is 11.0. The third-order valence-electron chi connectivity index (χ3n) is 3.87. The van der Waals surface area contributed by atoms with Crippen LogP contribution in [0.15, 0.2) is 47.1 Å². The molecule has 132 valence electrons. The van der Waals surface area contributed by atoms with E-state index < -0.39 is 0 Å². The molecule has 1 aromatic carbocycles. The van der Waals surface area contributed by atoms with Gasteiger partial charge in [0.1, 0.15) is 29.5 Å². The Morgan fingerprint density at radius 2 is 2.16 bits per heavy atom. The molecule has 0 unspecified atom stereocenters. The Morgan fingerprint density at radius 1 is 1.28 bits per heavy atom. The Morgan fingerprint density at radius 3 is 2.96 bits per heavy atom. The van der Waals surface area contributed by atoms with E-state index >= 15 is 0 Å². The Hall–Kier alpha value is -2.05. The summed E-state index contributed by atoms with van der Waals surface area (Å²) in [5, 5.41) is 12.5. The summed E-state index contributed by atoms with van der Waals surface area (Å²) in [6.07, 6.45) is 4.25. The number of fused-ring (bicyclic) bond motifs is 1. The summed E-state index contributed by atoms with van der Waals surface area (Å²) in [6.45, 7) is 3.35. The molecule has 5 nitrogen and oxygen atoms in total. The van der Waals surface area contributed by atoms with Crippen LogP contribution in [0.2, 0.25) is 0 Å². The van der Waals surface area contributed by atoms with Crippen LogP contribution < -0.4 is 10.1 Å². The van der Waals surface area contributed by atoms with E-state index in [0.717, 1.165) is 52.3 Å². The van der Waals surface area contributed by atoms with Crippen LogP contribution in [0.4, 0.5) is 5.82 Å². The van der Waals surface area contributed by atoms with Gasteiger partial charge in [0.05, 0.1) is 6.61 Å². The highest BCUT2D eigenvalue weighted by Gasteiger charge is 2.14. The molecule has 2 aromatic heterocycles. The van der Waals surface area contributed by atoms with Gasteiger partial charge in [-0.1, -0.05) is 25.5 Å². The number of hydrogen-bond donors (Lipinski definition) is 2. The highest BCUT2D eigenvalue weighted by molar-refractivity contribution is 9.10. The van der Waals surface area contributed by atoms with Crippen molar-refractivity contribution in [1.82, 2.24) is 9.38 Å². The first kappa shape index (κ1) is 17.8. The van der Waals surface area contributed by atoms with Crippen LogP contribution in [0.3, 0.4) is 0 Å². The van der Waals surface area contributed by atoms with Gasteiger partial charge >= 0.3 is 0 Å². The number of halogens is 1. The van der Waals surface area contributed by atoms with E-state index in [1.165, 1.54) is 0 Å². The number of aliphatic hydroxyl groups is 1. The zero-order valence-electron chi connectivity index (χ0n) is 14.2. The average Bonchev–Trinajstić information content (AvgIpc) is 2.98. The largest absolute Gasteiger partial charge is 0.491 e. The number of imidazole rings is 1. The molecule has 0 atom stereocenters. The first-order chi connectivity index (χ1) is 12.2. The van der Waals surface area contributed by atoms with Gasteiger partial charge in [-0.25, -0.2) is 4.98 Å². The Balaban J connectivity index is 2.03. The van der Waals surface area contributed by atoms with Gasteiger partial charge in [0.15, 0.2) is 0 Å². The molecule has 0 saturated carbocycles. The van der Waals surface area contributed by atoms with E-state index in [2.05, 4.69) is 32.6 Å². The second-order valence-electron chi connectivity index (χ2n) is 5.76. The van der Waals surface area contributed by atoms with Gasteiger partial charge in [0, 0.05) is 22.8 Å². The maximum Gasteiger partial charge on any atom is 0.139 e. The van der Waals surface area contributed by atoms with Crippen LogP contribution >= 0.6 is 15.9 Å². The fraction of sp³-hybridized carbons (Fsp3) is 0.316. The fourth-order valence-electron chi connectivity index (χ4n) is 2.67. The van der Waals surface area contributed by atoms with E-state index in [-0.39, 0.29) is 13.2 Å². The maximum atomic E-state index is 8.94. The van der Waals surface area contributed by atoms with Crippen molar-refractivity contribution in [1.29, 1.82) is 0 Å². The topological polar surface area (TPSA) is 58.8 Å². The number of nitrogens with zero attached hydrogens (tertiary/aromatic N) is 2. The quantitative estimate of drug-likeness (QED) is 0.549. The maximum absolute atomic E-state index is 8.94. The average molecular weight is 404 g/mol. The predicted molar refractivity (Wildman–Crippen MR) is 104 cm³/mol. The van der Waals surface area contributed by atoms with E-state index in [9.17, 15) is 0 Å². The van der Waals surface area contributed by atoms with Crippen LogP contribution in [0.25, 0.3) is 16.9 Å². The predicted octanol–water partition coefficient (Wildman–Crippen LogP) is 4.35. The summed E-state index contributed by atoms with van der Waals surface area (Å²) >= 11 is 3.53. The van der Waals surface area contributed by atoms with Crippen LogP contribution in [-0.2, 0) is 0 Å². The summed E-state index contributed by atoms with van der Waals surface area (Å²) in [5.74, 6) is 1.70. The molecule has 3 aromatic rings. The molecule has 0 fully saturated rings. The van der Waals surface area contributed by atoms with Gasteiger partial charge < -0.3 is 15.2 Å². The highest BCUT2D eigenvalue weighted by Crippen LogP contribution is 2.31. The van der Waals surface area contributed by atoms with Crippen molar-refractivity contribution in [2.75, 3.05) is 25.1 Å². The molecule has 0 amide bonds. The standard InChI is InChI=1S/C19H22BrN3O2/c1-2-3-9-21-19-18(22-17-8-7-15(20)13-23(17)19)14-5-4-6-16(12-14)25-11-10-24/h4-8,12-13,21,24H,2-3,9-11H2,1H3. The van der Waals surface area contributed by atoms with E-state index in [4.69, 9.17) is 14.8 Å². The third-order valence-corrected chi connectivity index (χ3v) is 4.34. The van der Waals surface area contributed by atoms with Gasteiger partial charge in [-0.2, -0.15) is 0 Å². The number of ether oxygens (including phenoxy) is 1. The number of aromatic nitrogens is 2. The molecular formula is C19H22BrN3O2. The van der Waals surface area contributed by atoms with E-state index in [1.807, 2.05) is 42.6 Å². The molecule has 0 saturated heterocycles. The number of hydrogen-bond acceptors (Lipinski definition) is 4. The molecule has 0 aliphatic heterocycles. The highest BCUT2D eigenvalue weighted by atomic mass is 79.9. The van der Waals surface area contributed by atoms with Crippen LogP contribution in [0.1, 0.15) is 19.8 Å². The van der Waals surface area contributed by atoms with E-state index in [1.54, 1.807) is 0 Å². The van der Waals surface area contributed by atoms with Crippen molar-refractivity contribution >= 4 is 27.4 Å². The summed E-state index contributed by atoms with van der Waals surface area (Å²) in [4.78, 5) is 4.80. The molecular weight excluding hydrogens is 382 g/mol. The van der Waals surface area contributed by atoms with Gasteiger partial charge in [0.25, 0.3) is 0 Å². The first-order valence-electron chi connectivity index (χ1n) is 8.48. The number of anilines is 1. The lowest BCUT2D eigenvalue weighted by Gasteiger charge is -2.10. The SMILES string of the molecule is CCCCNc1c(-c2cccc(OCCO)c2)nc2ccc(Br)cn12. The lowest BCUT2D eigenvalue weighted by molar-refractivity contribution is 0.201. The number of benzene rings is 1. The minimum Gasteiger partial charge on any atom is -0.491 e. The van der Waals surface area contributed by atoms with Crippen molar-refractivity contribution < 1.29 is 9.84 Å². The summed E-state index contributed by atoms with van der Waals surface area (Å²) in [7, 11) is 0. The van der Waals surface area contributed by atoms with Crippen molar-refractivity contribution in [3.8, 4) is 17.0 Å². The van der Waals surface area contributed by atoms with Crippen molar-refractivity contribution in [2.45, 2.75) is 19.8 Å². The molecule has 25 heavy (non-hydrogen) atoms. The number of unbranched alkanes of at least 4 members (excludes halogenated alkanes) is 1. The van der Waals surface area contributed by atoms with Crippen molar-refractivity contribution in [3.63, 3.8) is 0 Å². The summed E-state index contributed by atoms with van der Waals surface area (Å²) < 4.78 is 8.60. The van der Waals surface area contributed by atoms with Crippen LogP contribution in [-0.4, -0.2) is 34.2 Å². The minimum absolute atomic E-state index is 0.00353. The van der Waals surface area contributed by atoms with Gasteiger partial charge in [0.2, 0.25) is 0 Å². The summed E-state index contributed by atoms with van der Waals surface area (Å²) in [6, 6.07) is 11.8. The zero-order valence-corrected chi connectivity index (χ0v) is 15.8. The van der Waals surface area contributed by atoms with Crippen LogP contribution in [0.5, 0.6) is 5.75 Å². The minimum atomic E-state index is -0.00353. The number of nitrogens with one attached hydrogen (secondary N) is 1. The second-order valence-corrected chi connectivity index (χ2v) is 6.68. The van der Waals surface area contributed by atoms with E-state index in [0.29, 0.717) is 0 Å². The summed E-state index contributed by atoms with van der Waals surface area (Å²) in [5.41, 5.74) is 2.76. The molecule has 0 aliphatic rings. The molecule has 0 aliphatic carbocycles. The molecule has 3 rings (SSSR count). The molecule has 2 heterocycles. The number of pyridine rings is 1. The van der Waals surface area contributed by atoms with Gasteiger partial charge in [-0.05, 0) is 46.6 Å². The molecule has 0 spiro atoms. The monoisotopic (exact) mass is 403 g/mol. The fourth-order valence-corrected chi connectivity index (χ4v) is 3.01. The molecule has 0 radical (unpaired) electrons. The van der Waals surface area contributed by atoms with Crippen molar-refractivity contribution in [2.24, 2.45) is 0 Å². The number of aliphatic hydroxyl groups excluding tert-OH is 1. The van der Waals surface area contributed by atoms with Crippen LogP contribution in [0, 0.1) is 0 Å². The zero-order chi connectivity index (χ0) is 17.6. The lowest BCUT2D eigenvalue weighted by atomic mass is 10.1. The lowest BCUT2D eigenvalue weighted by Crippen LogP contribution is -2.05. The molecule has 2 N–H and O–H groups in total. The smallest absolute Gasteiger partial charge is 0.139 e. The Labute approximate surface area is 155 Å². The molecule has 0 bridgehead atoms.